The number of thiazole rings is 1. The predicted molar refractivity (Wildman–Crippen MR) is 71.6 cm³/mol. The van der Waals surface area contributed by atoms with Gasteiger partial charge in [-0.1, -0.05) is 6.92 Å². The first-order valence-electron chi connectivity index (χ1n) is 6.15. The van der Waals surface area contributed by atoms with Crippen molar-refractivity contribution in [3.05, 3.63) is 16.1 Å². The van der Waals surface area contributed by atoms with Crippen molar-refractivity contribution in [2.75, 3.05) is 19.7 Å². The highest BCUT2D eigenvalue weighted by Gasteiger charge is 2.19. The zero-order valence-electron chi connectivity index (χ0n) is 10.2. The molecule has 2 heterocycles. The van der Waals surface area contributed by atoms with Crippen LogP contribution in [-0.2, 0) is 17.2 Å². The average Bonchev–Trinajstić information content (AvgIpc) is 2.99. The number of halogens is 1. The van der Waals surface area contributed by atoms with Gasteiger partial charge in [0.05, 0.1) is 24.2 Å². The van der Waals surface area contributed by atoms with Crippen LogP contribution in [0, 0.1) is 0 Å². The van der Waals surface area contributed by atoms with Gasteiger partial charge >= 0.3 is 0 Å². The van der Waals surface area contributed by atoms with Gasteiger partial charge in [-0.3, -0.25) is 4.90 Å². The number of alkyl halides is 1. The van der Waals surface area contributed by atoms with Crippen LogP contribution in [0.3, 0.4) is 0 Å². The molecule has 0 spiro atoms. The minimum Gasteiger partial charge on any atom is -0.377 e. The van der Waals surface area contributed by atoms with E-state index < -0.39 is 0 Å². The maximum Gasteiger partial charge on any atom is 0.107 e. The van der Waals surface area contributed by atoms with E-state index in [2.05, 4.69) is 16.8 Å². The Kier molecular flexibility index (Phi) is 5.22. The molecule has 1 aliphatic rings. The van der Waals surface area contributed by atoms with Crippen LogP contribution in [-0.4, -0.2) is 35.7 Å². The lowest BCUT2D eigenvalue weighted by atomic mass is 10.2. The number of likely N-dealkylation sites (N-methyl/N-ethyl adjacent to an activating group) is 1. The summed E-state index contributed by atoms with van der Waals surface area (Å²) in [4.78, 5) is 6.89. The molecule has 96 valence electrons. The number of nitrogens with zero attached hydrogens (tertiary/aromatic N) is 2. The van der Waals surface area contributed by atoms with Crippen molar-refractivity contribution in [1.82, 2.24) is 9.88 Å². The van der Waals surface area contributed by atoms with E-state index in [9.17, 15) is 0 Å². The number of rotatable bonds is 6. The van der Waals surface area contributed by atoms with Gasteiger partial charge in [0.25, 0.3) is 0 Å². The maximum absolute atomic E-state index is 5.76. The molecule has 0 N–H and O–H groups in total. The number of hydrogen-bond acceptors (Lipinski definition) is 4. The lowest BCUT2D eigenvalue weighted by molar-refractivity contribution is 0.0724. The van der Waals surface area contributed by atoms with Crippen LogP contribution < -0.4 is 0 Å². The zero-order chi connectivity index (χ0) is 12.1. The zero-order valence-corrected chi connectivity index (χ0v) is 11.8. The SMILES string of the molecule is CCN(Cc1nc(CCl)cs1)CC1CCCO1. The van der Waals surface area contributed by atoms with E-state index >= 15 is 0 Å². The van der Waals surface area contributed by atoms with Crippen LogP contribution in [0.15, 0.2) is 5.38 Å². The maximum atomic E-state index is 5.76. The number of hydrogen-bond donors (Lipinski definition) is 0. The third-order valence-electron chi connectivity index (χ3n) is 3.03. The topological polar surface area (TPSA) is 25.4 Å². The summed E-state index contributed by atoms with van der Waals surface area (Å²) in [6.07, 6.45) is 2.82. The molecule has 0 saturated carbocycles. The Morgan fingerprint density at radius 2 is 2.53 bits per heavy atom. The Bertz CT molecular complexity index is 339. The first-order chi connectivity index (χ1) is 8.31. The molecular weight excluding hydrogens is 256 g/mol. The summed E-state index contributed by atoms with van der Waals surface area (Å²) in [5.41, 5.74) is 0.986. The van der Waals surface area contributed by atoms with Gasteiger partial charge in [0.15, 0.2) is 0 Å². The highest BCUT2D eigenvalue weighted by molar-refractivity contribution is 7.09. The quantitative estimate of drug-likeness (QED) is 0.746. The molecule has 1 fully saturated rings. The lowest BCUT2D eigenvalue weighted by Gasteiger charge is -2.22. The summed E-state index contributed by atoms with van der Waals surface area (Å²) in [6, 6.07) is 0. The number of aromatic nitrogens is 1. The van der Waals surface area contributed by atoms with Gasteiger partial charge in [-0.15, -0.1) is 22.9 Å². The van der Waals surface area contributed by atoms with Crippen LogP contribution >= 0.6 is 22.9 Å². The lowest BCUT2D eigenvalue weighted by Crippen LogP contribution is -2.31. The minimum atomic E-state index is 0.419. The molecule has 1 unspecified atom stereocenters. The van der Waals surface area contributed by atoms with Crippen LogP contribution in [0.5, 0.6) is 0 Å². The highest BCUT2D eigenvalue weighted by atomic mass is 35.5. The van der Waals surface area contributed by atoms with Gasteiger partial charge in [0.1, 0.15) is 5.01 Å². The van der Waals surface area contributed by atoms with Crippen LogP contribution in [0.4, 0.5) is 0 Å². The number of ether oxygens (including phenoxy) is 1. The van der Waals surface area contributed by atoms with Crippen molar-refractivity contribution in [2.24, 2.45) is 0 Å². The van der Waals surface area contributed by atoms with Crippen molar-refractivity contribution in [2.45, 2.75) is 38.3 Å². The molecular formula is C12H19ClN2OS. The predicted octanol–water partition coefficient (Wildman–Crippen LogP) is 2.88. The van der Waals surface area contributed by atoms with Crippen molar-refractivity contribution < 1.29 is 4.74 Å². The largest absolute Gasteiger partial charge is 0.377 e. The summed E-state index contributed by atoms with van der Waals surface area (Å²) < 4.78 is 5.67. The summed E-state index contributed by atoms with van der Waals surface area (Å²) in [7, 11) is 0. The van der Waals surface area contributed by atoms with Crippen LogP contribution in [0.1, 0.15) is 30.5 Å². The standard InChI is InChI=1S/C12H19ClN2OS/c1-2-15(7-11-4-3-5-16-11)8-12-14-10(6-13)9-17-12/h9,11H,2-8H2,1H3. The molecule has 1 aromatic rings. The smallest absolute Gasteiger partial charge is 0.107 e. The fraction of sp³-hybridized carbons (Fsp3) is 0.750. The van der Waals surface area contributed by atoms with Gasteiger partial charge in [0.2, 0.25) is 0 Å². The van der Waals surface area contributed by atoms with Crippen LogP contribution in [0.2, 0.25) is 0 Å². The summed E-state index contributed by atoms with van der Waals surface area (Å²) in [5.74, 6) is 0.508. The fourth-order valence-electron chi connectivity index (χ4n) is 2.06. The van der Waals surface area contributed by atoms with E-state index in [1.807, 2.05) is 5.38 Å². The van der Waals surface area contributed by atoms with Crippen LogP contribution in [0.25, 0.3) is 0 Å². The molecule has 1 aromatic heterocycles. The van der Waals surface area contributed by atoms with Gasteiger partial charge in [-0.25, -0.2) is 4.98 Å². The van der Waals surface area contributed by atoms with Crippen molar-refractivity contribution in [1.29, 1.82) is 0 Å². The third-order valence-corrected chi connectivity index (χ3v) is 4.18. The molecule has 0 radical (unpaired) electrons. The Labute approximate surface area is 112 Å². The Hall–Kier alpha value is -0.160. The van der Waals surface area contributed by atoms with Crippen molar-refractivity contribution in [3.8, 4) is 0 Å². The molecule has 0 aliphatic carbocycles. The van der Waals surface area contributed by atoms with Crippen molar-refractivity contribution in [3.63, 3.8) is 0 Å². The molecule has 0 bridgehead atoms. The Balaban J connectivity index is 1.85. The van der Waals surface area contributed by atoms with Gasteiger partial charge in [-0.05, 0) is 19.4 Å². The van der Waals surface area contributed by atoms with Gasteiger partial charge < -0.3 is 4.74 Å². The van der Waals surface area contributed by atoms with Crippen molar-refractivity contribution >= 4 is 22.9 Å². The summed E-state index contributed by atoms with van der Waals surface area (Å²) >= 11 is 7.46. The van der Waals surface area contributed by atoms with Gasteiger partial charge in [0, 0.05) is 18.5 Å². The second-order valence-electron chi connectivity index (χ2n) is 4.33. The summed E-state index contributed by atoms with van der Waals surface area (Å²) in [5, 5.41) is 3.20. The van der Waals surface area contributed by atoms with Gasteiger partial charge in [-0.2, -0.15) is 0 Å². The van der Waals surface area contributed by atoms with E-state index in [1.54, 1.807) is 11.3 Å². The molecule has 0 amide bonds. The third kappa shape index (κ3) is 3.91. The first kappa shape index (κ1) is 13.3. The second-order valence-corrected chi connectivity index (χ2v) is 5.54. The van der Waals surface area contributed by atoms with E-state index in [-0.39, 0.29) is 0 Å². The van der Waals surface area contributed by atoms with E-state index in [0.717, 1.165) is 36.9 Å². The molecule has 2 rings (SSSR count). The molecule has 3 nitrogen and oxygen atoms in total. The molecule has 17 heavy (non-hydrogen) atoms. The van der Waals surface area contributed by atoms with E-state index in [1.165, 1.54) is 12.8 Å². The molecule has 1 aliphatic heterocycles. The Morgan fingerprint density at radius 1 is 1.65 bits per heavy atom. The van der Waals surface area contributed by atoms with E-state index in [4.69, 9.17) is 16.3 Å². The minimum absolute atomic E-state index is 0.419. The molecule has 5 heteroatoms. The summed E-state index contributed by atoms with van der Waals surface area (Å²) in [6.45, 7) is 6.08. The molecule has 1 saturated heterocycles. The van der Waals surface area contributed by atoms with E-state index in [0.29, 0.717) is 12.0 Å². The average molecular weight is 275 g/mol. The molecule has 0 aromatic carbocycles. The monoisotopic (exact) mass is 274 g/mol. The normalized spacial score (nSPS) is 20.3. The fourth-order valence-corrected chi connectivity index (χ4v) is 3.12. The molecule has 1 atom stereocenters. The Morgan fingerprint density at radius 3 is 3.12 bits per heavy atom. The second kappa shape index (κ2) is 6.69. The first-order valence-corrected chi connectivity index (χ1v) is 7.56. The highest BCUT2D eigenvalue weighted by Crippen LogP contribution is 2.17.